The molecule has 0 amide bonds. The summed E-state index contributed by atoms with van der Waals surface area (Å²) in [6, 6.07) is 2.69. The molecule has 1 aliphatic rings. The van der Waals surface area contributed by atoms with E-state index in [0.29, 0.717) is 0 Å². The maximum Gasteiger partial charge on any atom is 0.131 e. The molecule has 4 nitrogen and oxygen atoms in total. The lowest BCUT2D eigenvalue weighted by Gasteiger charge is -2.09. The Morgan fingerprint density at radius 3 is 3.06 bits per heavy atom. The van der Waals surface area contributed by atoms with E-state index in [1.165, 1.54) is 12.8 Å². The summed E-state index contributed by atoms with van der Waals surface area (Å²) in [5.74, 6) is 0.865. The predicted molar refractivity (Wildman–Crippen MR) is 62.1 cm³/mol. The van der Waals surface area contributed by atoms with Crippen LogP contribution < -0.4 is 5.32 Å². The van der Waals surface area contributed by atoms with Crippen molar-refractivity contribution in [2.75, 3.05) is 7.11 Å². The summed E-state index contributed by atoms with van der Waals surface area (Å²) in [5.41, 5.74) is 1.07. The van der Waals surface area contributed by atoms with Crippen LogP contribution in [0.3, 0.4) is 0 Å². The quantitative estimate of drug-likeness (QED) is 0.786. The highest BCUT2D eigenvalue weighted by atomic mass is 16.5. The van der Waals surface area contributed by atoms with Crippen molar-refractivity contribution in [2.24, 2.45) is 0 Å². The Kier molecular flexibility index (Phi) is 3.85. The Morgan fingerprint density at radius 2 is 2.38 bits per heavy atom. The second kappa shape index (κ2) is 5.37. The van der Waals surface area contributed by atoms with Gasteiger partial charge in [-0.3, -0.25) is 0 Å². The first-order valence-electron chi connectivity index (χ1n) is 5.85. The van der Waals surface area contributed by atoms with Gasteiger partial charge in [0.2, 0.25) is 0 Å². The third-order valence-corrected chi connectivity index (χ3v) is 2.78. The van der Waals surface area contributed by atoms with Gasteiger partial charge in [0.25, 0.3) is 0 Å². The normalized spacial score (nSPS) is 17.4. The van der Waals surface area contributed by atoms with Crippen LogP contribution in [0, 0.1) is 0 Å². The fourth-order valence-corrected chi connectivity index (χ4v) is 1.51. The number of rotatable bonds is 6. The first-order valence-corrected chi connectivity index (χ1v) is 5.85. The minimum Gasteiger partial charge on any atom is -0.381 e. The molecule has 1 fully saturated rings. The summed E-state index contributed by atoms with van der Waals surface area (Å²) in [7, 11) is 1.71. The van der Waals surface area contributed by atoms with E-state index in [1.807, 2.05) is 19.2 Å². The van der Waals surface area contributed by atoms with Crippen LogP contribution >= 0.6 is 0 Å². The zero-order valence-corrected chi connectivity index (χ0v) is 9.94. The molecule has 1 atom stereocenters. The second-order valence-electron chi connectivity index (χ2n) is 4.37. The van der Waals surface area contributed by atoms with E-state index in [-0.39, 0.29) is 6.10 Å². The highest BCUT2D eigenvalue weighted by Crippen LogP contribution is 2.18. The molecule has 0 aliphatic heterocycles. The van der Waals surface area contributed by atoms with Gasteiger partial charge in [-0.15, -0.1) is 0 Å². The van der Waals surface area contributed by atoms with Crippen molar-refractivity contribution in [1.82, 2.24) is 15.3 Å². The van der Waals surface area contributed by atoms with Gasteiger partial charge in [0.1, 0.15) is 5.82 Å². The minimum atomic E-state index is 0.173. The van der Waals surface area contributed by atoms with Gasteiger partial charge in [0.15, 0.2) is 0 Å². The number of nitrogens with zero attached hydrogens (tertiary/aromatic N) is 2. The number of nitrogens with one attached hydrogen (secondary N) is 1. The summed E-state index contributed by atoms with van der Waals surface area (Å²) in [6.07, 6.45) is 5.38. The molecular weight excluding hydrogens is 202 g/mol. The van der Waals surface area contributed by atoms with Gasteiger partial charge < -0.3 is 10.1 Å². The number of hydrogen-bond acceptors (Lipinski definition) is 4. The third kappa shape index (κ3) is 3.54. The molecule has 1 aromatic rings. The van der Waals surface area contributed by atoms with E-state index in [1.54, 1.807) is 7.11 Å². The molecule has 1 aromatic heterocycles. The van der Waals surface area contributed by atoms with Crippen molar-refractivity contribution in [3.63, 3.8) is 0 Å². The van der Waals surface area contributed by atoms with Gasteiger partial charge in [-0.25, -0.2) is 9.97 Å². The maximum absolute atomic E-state index is 5.21. The average Bonchev–Trinajstić information content (AvgIpc) is 3.10. The van der Waals surface area contributed by atoms with E-state index in [4.69, 9.17) is 4.74 Å². The van der Waals surface area contributed by atoms with E-state index >= 15 is 0 Å². The second-order valence-corrected chi connectivity index (χ2v) is 4.37. The molecule has 1 aliphatic carbocycles. The molecule has 2 rings (SSSR count). The van der Waals surface area contributed by atoms with Crippen LogP contribution in [0.1, 0.15) is 31.3 Å². The molecule has 0 saturated heterocycles. The molecule has 0 bridgehead atoms. The molecule has 88 valence electrons. The molecule has 1 heterocycles. The third-order valence-electron chi connectivity index (χ3n) is 2.78. The molecule has 16 heavy (non-hydrogen) atoms. The summed E-state index contributed by atoms with van der Waals surface area (Å²) in [5, 5.41) is 3.45. The number of methoxy groups -OCH3 is 1. The molecule has 1 unspecified atom stereocenters. The van der Waals surface area contributed by atoms with Crippen LogP contribution in [-0.4, -0.2) is 29.2 Å². The molecule has 1 saturated carbocycles. The zero-order valence-electron chi connectivity index (χ0n) is 9.94. The van der Waals surface area contributed by atoms with E-state index in [9.17, 15) is 0 Å². The average molecular weight is 221 g/mol. The molecule has 0 radical (unpaired) electrons. The van der Waals surface area contributed by atoms with Crippen molar-refractivity contribution >= 4 is 0 Å². The van der Waals surface area contributed by atoms with Crippen LogP contribution in [0.25, 0.3) is 0 Å². The van der Waals surface area contributed by atoms with Crippen molar-refractivity contribution in [2.45, 2.75) is 44.9 Å². The summed E-state index contributed by atoms with van der Waals surface area (Å²) in [4.78, 5) is 8.76. The smallest absolute Gasteiger partial charge is 0.131 e. The zero-order chi connectivity index (χ0) is 11.4. The topological polar surface area (TPSA) is 47.0 Å². The van der Waals surface area contributed by atoms with E-state index in [0.717, 1.165) is 30.5 Å². The van der Waals surface area contributed by atoms with Gasteiger partial charge in [-0.05, 0) is 25.8 Å². The minimum absolute atomic E-state index is 0.173. The first kappa shape index (κ1) is 11.5. The van der Waals surface area contributed by atoms with Gasteiger partial charge >= 0.3 is 0 Å². The van der Waals surface area contributed by atoms with Crippen molar-refractivity contribution in [3.05, 3.63) is 23.8 Å². The lowest BCUT2D eigenvalue weighted by molar-refractivity contribution is 0.117. The van der Waals surface area contributed by atoms with E-state index in [2.05, 4.69) is 15.3 Å². The molecule has 1 N–H and O–H groups in total. The number of ether oxygens (including phenoxy) is 1. The number of hydrogen-bond donors (Lipinski definition) is 1. The lowest BCUT2D eigenvalue weighted by Crippen LogP contribution is -2.18. The predicted octanol–water partition coefficient (Wildman–Crippen LogP) is 1.31. The van der Waals surface area contributed by atoms with Crippen molar-refractivity contribution in [3.8, 4) is 0 Å². The fraction of sp³-hybridized carbons (Fsp3) is 0.667. The van der Waals surface area contributed by atoms with Crippen LogP contribution in [0.4, 0.5) is 0 Å². The summed E-state index contributed by atoms with van der Waals surface area (Å²) >= 11 is 0. The summed E-state index contributed by atoms with van der Waals surface area (Å²) in [6.45, 7) is 2.88. The highest BCUT2D eigenvalue weighted by molar-refractivity contribution is 5.03. The fourth-order valence-electron chi connectivity index (χ4n) is 1.51. The van der Waals surface area contributed by atoms with Crippen LogP contribution in [0.15, 0.2) is 12.3 Å². The Morgan fingerprint density at radius 1 is 1.56 bits per heavy atom. The van der Waals surface area contributed by atoms with Gasteiger partial charge in [-0.1, -0.05) is 0 Å². The van der Waals surface area contributed by atoms with Gasteiger partial charge in [0.05, 0.1) is 11.8 Å². The monoisotopic (exact) mass is 221 g/mol. The Bertz CT molecular complexity index is 339. The first-order chi connectivity index (χ1) is 7.78. The molecule has 0 spiro atoms. The van der Waals surface area contributed by atoms with Crippen LogP contribution in [0.2, 0.25) is 0 Å². The van der Waals surface area contributed by atoms with Crippen molar-refractivity contribution in [1.29, 1.82) is 0 Å². The summed E-state index contributed by atoms with van der Waals surface area (Å²) < 4.78 is 5.21. The highest BCUT2D eigenvalue weighted by Gasteiger charge is 2.20. The van der Waals surface area contributed by atoms with Gasteiger partial charge in [-0.2, -0.15) is 0 Å². The Balaban J connectivity index is 1.89. The number of aromatic nitrogens is 2. The van der Waals surface area contributed by atoms with Crippen LogP contribution in [-0.2, 0) is 17.7 Å². The van der Waals surface area contributed by atoms with E-state index < -0.39 is 0 Å². The molecular formula is C12H19N3O. The largest absolute Gasteiger partial charge is 0.381 e. The lowest BCUT2D eigenvalue weighted by atomic mass is 10.2. The molecule has 4 heteroatoms. The van der Waals surface area contributed by atoms with Gasteiger partial charge in [0, 0.05) is 32.3 Å². The Hall–Kier alpha value is -1.00. The van der Waals surface area contributed by atoms with Crippen molar-refractivity contribution < 1.29 is 4.74 Å². The SMILES string of the molecule is COC(C)Cc1nccc(CNC2CC2)n1. The maximum atomic E-state index is 5.21. The Labute approximate surface area is 96.4 Å². The van der Waals surface area contributed by atoms with Crippen LogP contribution in [0.5, 0.6) is 0 Å². The molecule has 0 aromatic carbocycles. The standard InChI is InChI=1S/C12H19N3O/c1-9(16-2)7-12-13-6-5-11(15-12)8-14-10-3-4-10/h5-6,9-10,14H,3-4,7-8H2,1-2H3.